The van der Waals surface area contributed by atoms with Crippen molar-refractivity contribution >= 4 is 5.91 Å². The molecule has 1 heterocycles. The lowest BCUT2D eigenvalue weighted by Crippen LogP contribution is -2.37. The minimum Gasteiger partial charge on any atom is -0.349 e. The van der Waals surface area contributed by atoms with Gasteiger partial charge in [-0.25, -0.2) is 4.68 Å². The standard InChI is InChI=1S/C24H28N4O2/c1-16-6-9-19(10-7-16)21(27(4)5)15-25-24(30)23-22(29)12-13-28(26-23)20-11-8-17(2)18(3)14-20/h6-14,21H,15H2,1-5H3,(H,25,30)/t21-/m0/s1. The molecule has 0 unspecified atom stereocenters. The maximum absolute atomic E-state index is 12.8. The number of aryl methyl sites for hydroxylation is 3. The number of nitrogens with zero attached hydrogens (tertiary/aromatic N) is 3. The molecule has 0 radical (unpaired) electrons. The molecule has 0 fully saturated rings. The molecule has 0 saturated heterocycles. The van der Waals surface area contributed by atoms with Gasteiger partial charge in [0.05, 0.1) is 11.7 Å². The van der Waals surface area contributed by atoms with Gasteiger partial charge >= 0.3 is 0 Å². The third-order valence-electron chi connectivity index (χ3n) is 5.32. The van der Waals surface area contributed by atoms with Crippen LogP contribution in [0.1, 0.15) is 38.8 Å². The minimum atomic E-state index is -0.475. The predicted molar refractivity (Wildman–Crippen MR) is 119 cm³/mol. The molecule has 0 saturated carbocycles. The first-order chi connectivity index (χ1) is 14.3. The maximum atomic E-state index is 12.8. The number of hydrogen-bond acceptors (Lipinski definition) is 4. The number of rotatable bonds is 6. The Morgan fingerprint density at radius 1 is 1.03 bits per heavy atom. The van der Waals surface area contributed by atoms with Crippen molar-refractivity contribution in [1.29, 1.82) is 0 Å². The van der Waals surface area contributed by atoms with Crippen molar-refractivity contribution in [3.8, 4) is 5.69 Å². The molecule has 1 atom stereocenters. The average Bonchev–Trinajstić information content (AvgIpc) is 2.71. The number of hydrogen-bond donors (Lipinski definition) is 1. The quantitative estimate of drug-likeness (QED) is 0.685. The fourth-order valence-electron chi connectivity index (χ4n) is 3.24. The van der Waals surface area contributed by atoms with Crippen LogP contribution < -0.4 is 10.7 Å². The molecule has 1 amide bonds. The summed E-state index contributed by atoms with van der Waals surface area (Å²) in [6, 6.07) is 15.5. The Balaban J connectivity index is 1.81. The van der Waals surface area contributed by atoms with Crippen LogP contribution in [-0.2, 0) is 0 Å². The maximum Gasteiger partial charge on any atom is 0.275 e. The number of carbonyl (C=O) groups excluding carboxylic acids is 1. The van der Waals surface area contributed by atoms with E-state index in [4.69, 9.17) is 0 Å². The third-order valence-corrected chi connectivity index (χ3v) is 5.32. The van der Waals surface area contributed by atoms with Crippen LogP contribution in [0.15, 0.2) is 59.5 Å². The number of benzene rings is 2. The Kier molecular flexibility index (Phi) is 6.47. The van der Waals surface area contributed by atoms with Gasteiger partial charge in [0.2, 0.25) is 5.43 Å². The molecule has 1 N–H and O–H groups in total. The van der Waals surface area contributed by atoms with Gasteiger partial charge in [0.1, 0.15) is 0 Å². The fourth-order valence-corrected chi connectivity index (χ4v) is 3.24. The van der Waals surface area contributed by atoms with Crippen LogP contribution in [0.2, 0.25) is 0 Å². The van der Waals surface area contributed by atoms with E-state index in [0.29, 0.717) is 6.54 Å². The van der Waals surface area contributed by atoms with Crippen LogP contribution >= 0.6 is 0 Å². The number of aromatic nitrogens is 2. The zero-order valence-corrected chi connectivity index (χ0v) is 18.1. The van der Waals surface area contributed by atoms with Crippen molar-refractivity contribution in [3.05, 3.63) is 92.9 Å². The topological polar surface area (TPSA) is 67.2 Å². The van der Waals surface area contributed by atoms with Gasteiger partial charge in [-0.2, -0.15) is 5.10 Å². The highest BCUT2D eigenvalue weighted by Gasteiger charge is 2.18. The number of carbonyl (C=O) groups is 1. The molecule has 1 aromatic heterocycles. The Hall–Kier alpha value is -3.25. The highest BCUT2D eigenvalue weighted by atomic mass is 16.2. The van der Waals surface area contributed by atoms with Gasteiger partial charge in [0, 0.05) is 18.8 Å². The normalized spacial score (nSPS) is 12.1. The molecular formula is C24H28N4O2. The van der Waals surface area contributed by atoms with Crippen LogP contribution in [0.5, 0.6) is 0 Å². The SMILES string of the molecule is Cc1ccc([C@H](CNC(=O)c2nn(-c3ccc(C)c(C)c3)ccc2=O)N(C)C)cc1. The fraction of sp³-hybridized carbons (Fsp3) is 0.292. The lowest BCUT2D eigenvalue weighted by atomic mass is 10.0. The molecule has 6 heteroatoms. The van der Waals surface area contributed by atoms with Crippen LogP contribution in [-0.4, -0.2) is 41.2 Å². The molecular weight excluding hydrogens is 376 g/mol. The smallest absolute Gasteiger partial charge is 0.275 e. The summed E-state index contributed by atoms with van der Waals surface area (Å²) in [7, 11) is 3.92. The van der Waals surface area contributed by atoms with Crippen molar-refractivity contribution in [2.75, 3.05) is 20.6 Å². The van der Waals surface area contributed by atoms with Gasteiger partial charge in [-0.1, -0.05) is 35.9 Å². The summed E-state index contributed by atoms with van der Waals surface area (Å²) in [5.74, 6) is -0.475. The van der Waals surface area contributed by atoms with E-state index in [2.05, 4.69) is 34.7 Å². The van der Waals surface area contributed by atoms with E-state index in [1.807, 2.05) is 58.0 Å². The molecule has 0 aliphatic carbocycles. The first kappa shape index (κ1) is 21.5. The van der Waals surface area contributed by atoms with Crippen molar-refractivity contribution in [1.82, 2.24) is 20.0 Å². The summed E-state index contributed by atoms with van der Waals surface area (Å²) >= 11 is 0. The van der Waals surface area contributed by atoms with Crippen molar-refractivity contribution < 1.29 is 4.79 Å². The average molecular weight is 405 g/mol. The summed E-state index contributed by atoms with van der Waals surface area (Å²) < 4.78 is 1.56. The lowest BCUT2D eigenvalue weighted by molar-refractivity contribution is 0.0934. The van der Waals surface area contributed by atoms with Gasteiger partial charge in [-0.3, -0.25) is 9.59 Å². The summed E-state index contributed by atoms with van der Waals surface area (Å²) in [5, 5.41) is 7.18. The monoisotopic (exact) mass is 404 g/mol. The molecule has 3 aromatic rings. The van der Waals surface area contributed by atoms with E-state index in [0.717, 1.165) is 16.8 Å². The molecule has 0 spiro atoms. The zero-order valence-electron chi connectivity index (χ0n) is 18.1. The van der Waals surface area contributed by atoms with Crippen molar-refractivity contribution in [2.24, 2.45) is 0 Å². The minimum absolute atomic E-state index is 0.0137. The van der Waals surface area contributed by atoms with Crippen LogP contribution in [0, 0.1) is 20.8 Å². The summed E-state index contributed by atoms with van der Waals surface area (Å²) in [5.41, 5.74) is 4.86. The Labute approximate surface area is 177 Å². The van der Waals surface area contributed by atoms with Gasteiger partial charge in [-0.05, 0) is 63.7 Å². The second kappa shape index (κ2) is 9.05. The molecule has 156 valence electrons. The largest absolute Gasteiger partial charge is 0.349 e. The number of nitrogens with one attached hydrogen (secondary N) is 1. The molecule has 2 aromatic carbocycles. The summed E-state index contributed by atoms with van der Waals surface area (Å²) in [6.45, 7) is 6.46. The first-order valence-corrected chi connectivity index (χ1v) is 9.95. The van der Waals surface area contributed by atoms with E-state index in [1.54, 1.807) is 10.9 Å². The predicted octanol–water partition coefficient (Wildman–Crippen LogP) is 3.19. The van der Waals surface area contributed by atoms with E-state index < -0.39 is 11.3 Å². The van der Waals surface area contributed by atoms with E-state index in [-0.39, 0.29) is 11.7 Å². The zero-order chi connectivity index (χ0) is 21.8. The second-order valence-corrected chi connectivity index (χ2v) is 7.84. The van der Waals surface area contributed by atoms with Gasteiger partial charge in [0.15, 0.2) is 5.69 Å². The molecule has 0 aliphatic heterocycles. The van der Waals surface area contributed by atoms with Gasteiger partial charge < -0.3 is 10.2 Å². The first-order valence-electron chi connectivity index (χ1n) is 9.95. The summed E-state index contributed by atoms with van der Waals surface area (Å²) in [4.78, 5) is 27.1. The van der Waals surface area contributed by atoms with Gasteiger partial charge in [-0.15, -0.1) is 0 Å². The highest BCUT2D eigenvalue weighted by molar-refractivity contribution is 5.92. The number of amides is 1. The highest BCUT2D eigenvalue weighted by Crippen LogP contribution is 2.18. The van der Waals surface area contributed by atoms with Crippen LogP contribution in [0.25, 0.3) is 5.69 Å². The van der Waals surface area contributed by atoms with E-state index in [9.17, 15) is 9.59 Å². The van der Waals surface area contributed by atoms with E-state index >= 15 is 0 Å². The van der Waals surface area contributed by atoms with Crippen molar-refractivity contribution in [3.63, 3.8) is 0 Å². The van der Waals surface area contributed by atoms with Crippen LogP contribution in [0.3, 0.4) is 0 Å². The Morgan fingerprint density at radius 2 is 1.73 bits per heavy atom. The third kappa shape index (κ3) is 4.83. The van der Waals surface area contributed by atoms with Crippen LogP contribution in [0.4, 0.5) is 0 Å². The van der Waals surface area contributed by atoms with Crippen molar-refractivity contribution in [2.45, 2.75) is 26.8 Å². The lowest BCUT2D eigenvalue weighted by Gasteiger charge is -2.25. The molecule has 3 rings (SSSR count). The Bertz CT molecular complexity index is 1100. The summed E-state index contributed by atoms with van der Waals surface area (Å²) in [6.07, 6.45) is 1.58. The van der Waals surface area contributed by atoms with E-state index in [1.165, 1.54) is 17.2 Å². The molecule has 30 heavy (non-hydrogen) atoms. The Morgan fingerprint density at radius 3 is 2.37 bits per heavy atom. The number of likely N-dealkylation sites (N-methyl/N-ethyl adjacent to an activating group) is 1. The van der Waals surface area contributed by atoms with Gasteiger partial charge in [0.25, 0.3) is 5.91 Å². The molecule has 0 aliphatic rings. The molecule has 6 nitrogen and oxygen atoms in total. The second-order valence-electron chi connectivity index (χ2n) is 7.84. The molecule has 0 bridgehead atoms.